The minimum atomic E-state index is 0.782. The van der Waals surface area contributed by atoms with Crippen molar-refractivity contribution in [1.82, 2.24) is 0 Å². The third kappa shape index (κ3) is 3.49. The molecule has 0 aromatic heterocycles. The topological polar surface area (TPSA) is 9.23 Å². The van der Waals surface area contributed by atoms with E-state index in [1.54, 1.807) is 6.08 Å². The molecular weight excluding hydrogens is 168 g/mol. The van der Waals surface area contributed by atoms with Crippen LogP contribution in [-0.2, 0) is 4.74 Å². The zero-order valence-corrected chi connectivity index (χ0v) is 8.36. The normalized spacial score (nSPS) is 12.5. The van der Waals surface area contributed by atoms with Gasteiger partial charge in [-0.15, -0.1) is 0 Å². The summed E-state index contributed by atoms with van der Waals surface area (Å²) in [5.74, 6) is 0.782. The molecule has 0 fully saturated rings. The second-order valence-electron chi connectivity index (χ2n) is 2.14. The van der Waals surface area contributed by atoms with E-state index in [1.165, 1.54) is 5.55 Å². The van der Waals surface area contributed by atoms with Crippen molar-refractivity contribution in [2.45, 2.75) is 20.3 Å². The Hall–Kier alpha value is -0.890. The fourth-order valence-electron chi connectivity index (χ4n) is 0.832. The monoisotopic (exact) mass is 182 g/mol. The minimum absolute atomic E-state index is 0.782. The van der Waals surface area contributed by atoms with Crippen molar-refractivity contribution < 1.29 is 4.74 Å². The summed E-state index contributed by atoms with van der Waals surface area (Å²) >= 11 is 4.61. The molecule has 0 aliphatic carbocycles. The lowest BCUT2D eigenvalue weighted by atomic mass is 10.2. The van der Waals surface area contributed by atoms with Gasteiger partial charge < -0.3 is 4.74 Å². The summed E-state index contributed by atoms with van der Waals surface area (Å²) in [5, 5.41) is 0. The fourth-order valence-corrected chi connectivity index (χ4v) is 0.936. The van der Waals surface area contributed by atoms with E-state index < -0.39 is 0 Å². The molecule has 0 saturated carbocycles. The fraction of sp³-hybridized carbons (Fsp3) is 0.300. The van der Waals surface area contributed by atoms with Crippen molar-refractivity contribution in [3.63, 3.8) is 0 Å². The molecule has 66 valence electrons. The number of thiocarbonyl (C=S) groups is 1. The van der Waals surface area contributed by atoms with Crippen LogP contribution in [-0.4, -0.2) is 5.55 Å². The lowest BCUT2D eigenvalue weighted by molar-refractivity contribution is 0.455. The molecule has 1 nitrogen and oxygen atoms in total. The van der Waals surface area contributed by atoms with E-state index in [0.717, 1.165) is 17.8 Å². The molecule has 2 heteroatoms. The van der Waals surface area contributed by atoms with Gasteiger partial charge >= 0.3 is 0 Å². The van der Waals surface area contributed by atoms with E-state index in [0.29, 0.717) is 0 Å². The lowest BCUT2D eigenvalue weighted by Crippen LogP contribution is -1.91. The van der Waals surface area contributed by atoms with E-state index in [2.05, 4.69) is 18.8 Å². The molecule has 0 unspecified atom stereocenters. The highest BCUT2D eigenvalue weighted by Gasteiger charge is 1.98. The molecule has 0 atom stereocenters. The highest BCUT2D eigenvalue weighted by molar-refractivity contribution is 7.78. The molecule has 0 saturated heterocycles. The van der Waals surface area contributed by atoms with Gasteiger partial charge in [-0.25, -0.2) is 0 Å². The summed E-state index contributed by atoms with van der Waals surface area (Å²) in [6.07, 6.45) is 6.58. The van der Waals surface area contributed by atoms with Crippen molar-refractivity contribution in [2.75, 3.05) is 0 Å². The molecule has 0 bridgehead atoms. The Morgan fingerprint density at radius 3 is 2.58 bits per heavy atom. The van der Waals surface area contributed by atoms with Gasteiger partial charge in [0.1, 0.15) is 5.76 Å². The molecule has 0 aliphatic rings. The van der Waals surface area contributed by atoms with E-state index in [-0.39, 0.29) is 0 Å². The molecule has 0 aliphatic heterocycles. The van der Waals surface area contributed by atoms with Crippen molar-refractivity contribution in [3.05, 3.63) is 36.1 Å². The zero-order valence-electron chi connectivity index (χ0n) is 7.54. The Morgan fingerprint density at radius 1 is 1.58 bits per heavy atom. The highest BCUT2D eigenvalue weighted by Crippen LogP contribution is 2.12. The summed E-state index contributed by atoms with van der Waals surface area (Å²) in [6.45, 7) is 7.66. The predicted molar refractivity (Wildman–Crippen MR) is 57.1 cm³/mol. The molecule has 0 radical (unpaired) electrons. The molecule has 0 aromatic carbocycles. The average Bonchev–Trinajstić information content (AvgIpc) is 2.07. The number of ether oxygens (including phenoxy) is 1. The van der Waals surface area contributed by atoms with Crippen molar-refractivity contribution >= 4 is 17.8 Å². The second-order valence-corrected chi connectivity index (χ2v) is 2.33. The van der Waals surface area contributed by atoms with Gasteiger partial charge in [-0.05, 0) is 31.6 Å². The van der Waals surface area contributed by atoms with E-state index in [9.17, 15) is 0 Å². The van der Waals surface area contributed by atoms with Crippen LogP contribution in [0.25, 0.3) is 0 Å². The zero-order chi connectivity index (χ0) is 9.40. The molecular formula is C10H14OS. The van der Waals surface area contributed by atoms with Gasteiger partial charge in [0.15, 0.2) is 5.55 Å². The first kappa shape index (κ1) is 11.1. The summed E-state index contributed by atoms with van der Waals surface area (Å²) in [7, 11) is 0. The second kappa shape index (κ2) is 6.80. The number of rotatable bonds is 5. The predicted octanol–water partition coefficient (Wildman–Crippen LogP) is 3.39. The molecule has 12 heavy (non-hydrogen) atoms. The Balaban J connectivity index is 4.59. The van der Waals surface area contributed by atoms with Gasteiger partial charge in [0.05, 0.1) is 0 Å². The van der Waals surface area contributed by atoms with Gasteiger partial charge in [0.2, 0.25) is 0 Å². The smallest absolute Gasteiger partial charge is 0.154 e. The summed E-state index contributed by atoms with van der Waals surface area (Å²) in [5.41, 5.74) is 2.23. The first-order valence-electron chi connectivity index (χ1n) is 3.89. The highest BCUT2D eigenvalue weighted by atomic mass is 32.1. The Labute approximate surface area is 79.4 Å². The molecule has 0 spiro atoms. The minimum Gasteiger partial charge on any atom is -0.453 e. The first-order chi connectivity index (χ1) is 5.79. The molecule has 0 aromatic rings. The molecule has 0 rings (SSSR count). The maximum Gasteiger partial charge on any atom is 0.154 e. The third-order valence-electron chi connectivity index (χ3n) is 1.38. The SMILES string of the molecule is C=CC(=C/C)/C(=C\CC)OC=S. The van der Waals surface area contributed by atoms with E-state index >= 15 is 0 Å². The van der Waals surface area contributed by atoms with Gasteiger partial charge in [-0.3, -0.25) is 0 Å². The summed E-state index contributed by atoms with van der Waals surface area (Å²) < 4.78 is 5.14. The van der Waals surface area contributed by atoms with Crippen molar-refractivity contribution in [3.8, 4) is 0 Å². The van der Waals surface area contributed by atoms with Gasteiger partial charge in [0, 0.05) is 5.57 Å². The lowest BCUT2D eigenvalue weighted by Gasteiger charge is -2.04. The van der Waals surface area contributed by atoms with Gasteiger partial charge in [-0.2, -0.15) is 0 Å². The molecule has 0 heterocycles. The van der Waals surface area contributed by atoms with Crippen LogP contribution in [0.1, 0.15) is 20.3 Å². The van der Waals surface area contributed by atoms with Gasteiger partial charge in [0.25, 0.3) is 0 Å². The van der Waals surface area contributed by atoms with Gasteiger partial charge in [-0.1, -0.05) is 25.7 Å². The quantitative estimate of drug-likeness (QED) is 0.366. The Kier molecular flexibility index (Phi) is 6.29. The van der Waals surface area contributed by atoms with Crippen LogP contribution in [0.3, 0.4) is 0 Å². The van der Waals surface area contributed by atoms with Crippen LogP contribution in [0.4, 0.5) is 0 Å². The number of hydrogen-bond donors (Lipinski definition) is 0. The third-order valence-corrected chi connectivity index (χ3v) is 1.48. The van der Waals surface area contributed by atoms with E-state index in [4.69, 9.17) is 4.74 Å². The average molecular weight is 182 g/mol. The van der Waals surface area contributed by atoms with Crippen molar-refractivity contribution in [1.29, 1.82) is 0 Å². The van der Waals surface area contributed by atoms with Crippen LogP contribution in [0.5, 0.6) is 0 Å². The standard InChI is InChI=1S/C10H14OS/c1-4-7-10(11-8-12)9(5-2)6-3/h5-8H,2,4H2,1,3H3/b9-6-,10-7+. The van der Waals surface area contributed by atoms with Crippen molar-refractivity contribution in [2.24, 2.45) is 0 Å². The molecule has 0 N–H and O–H groups in total. The number of hydrogen-bond acceptors (Lipinski definition) is 2. The Morgan fingerprint density at radius 2 is 2.25 bits per heavy atom. The summed E-state index contributed by atoms with van der Waals surface area (Å²) in [6, 6.07) is 0. The maximum atomic E-state index is 5.14. The number of allylic oxidation sites excluding steroid dienone is 3. The van der Waals surface area contributed by atoms with Crippen LogP contribution in [0.15, 0.2) is 36.1 Å². The summed E-state index contributed by atoms with van der Waals surface area (Å²) in [4.78, 5) is 0. The first-order valence-corrected chi connectivity index (χ1v) is 4.36. The Bertz CT molecular complexity index is 214. The van der Waals surface area contributed by atoms with Crippen LogP contribution >= 0.6 is 12.2 Å². The van der Waals surface area contributed by atoms with Crippen LogP contribution < -0.4 is 0 Å². The van der Waals surface area contributed by atoms with E-state index in [1.807, 2.05) is 26.0 Å². The largest absolute Gasteiger partial charge is 0.453 e. The van der Waals surface area contributed by atoms with Crippen LogP contribution in [0.2, 0.25) is 0 Å². The molecule has 0 amide bonds. The van der Waals surface area contributed by atoms with Crippen LogP contribution in [0, 0.1) is 0 Å². The maximum absolute atomic E-state index is 5.14.